The van der Waals surface area contributed by atoms with Gasteiger partial charge in [0.15, 0.2) is 11.6 Å². The normalized spacial score (nSPS) is 24.8. The van der Waals surface area contributed by atoms with Gasteiger partial charge in [-0.1, -0.05) is 36.2 Å². The molecule has 0 heterocycles. The average molecular weight is 476 g/mol. The Hall–Kier alpha value is -2.44. The van der Waals surface area contributed by atoms with Crippen molar-refractivity contribution >= 4 is 29.3 Å². The molecule has 7 heteroatoms. The number of hydrogen-bond donors (Lipinski definition) is 2. The monoisotopic (exact) mass is 475 g/mol. The van der Waals surface area contributed by atoms with Crippen LogP contribution in [0.25, 0.3) is 6.08 Å². The lowest BCUT2D eigenvalue weighted by atomic mass is 9.61. The van der Waals surface area contributed by atoms with E-state index in [1.807, 2.05) is 25.1 Å². The van der Waals surface area contributed by atoms with Gasteiger partial charge in [0.1, 0.15) is 5.54 Å². The summed E-state index contributed by atoms with van der Waals surface area (Å²) in [6.07, 6.45) is 4.53. The maximum atomic E-state index is 14.3. The fraction of sp³-hybridized carbons (Fsp3) is 0.423. The maximum Gasteiger partial charge on any atom is 0.331 e. The van der Waals surface area contributed by atoms with Crippen LogP contribution in [0.4, 0.5) is 14.5 Å². The molecule has 0 radical (unpaired) electrons. The van der Waals surface area contributed by atoms with Crippen LogP contribution in [0, 0.1) is 17.6 Å². The number of aliphatic hydroxyl groups excluding tert-OH is 1. The zero-order chi connectivity index (χ0) is 23.8. The smallest absolute Gasteiger partial charge is 0.331 e. The van der Waals surface area contributed by atoms with Gasteiger partial charge in [-0.2, -0.15) is 0 Å². The van der Waals surface area contributed by atoms with Crippen LogP contribution in [-0.2, 0) is 14.9 Å². The van der Waals surface area contributed by atoms with E-state index in [0.29, 0.717) is 48.4 Å². The molecule has 0 amide bonds. The van der Waals surface area contributed by atoms with Gasteiger partial charge in [0, 0.05) is 22.7 Å². The molecule has 2 aliphatic carbocycles. The second kappa shape index (κ2) is 9.07. The Labute approximate surface area is 197 Å². The number of aliphatic hydroxyl groups is 1. The number of carbonyl (C=O) groups excluding carboxylic acids is 1. The van der Waals surface area contributed by atoms with Gasteiger partial charge in [-0.15, -0.1) is 0 Å². The zero-order valence-corrected chi connectivity index (χ0v) is 19.5. The number of carbonyl (C=O) groups is 1. The van der Waals surface area contributed by atoms with Crippen LogP contribution in [-0.4, -0.2) is 30.3 Å². The fourth-order valence-electron chi connectivity index (χ4n) is 5.40. The largest absolute Gasteiger partial charge is 0.467 e. The average Bonchev–Trinajstić information content (AvgIpc) is 3.07. The van der Waals surface area contributed by atoms with E-state index in [1.165, 1.54) is 19.2 Å². The lowest BCUT2D eigenvalue weighted by Crippen LogP contribution is -2.52. The van der Waals surface area contributed by atoms with Crippen LogP contribution < -0.4 is 5.32 Å². The number of fused-ring (bicyclic) bond motifs is 2. The minimum atomic E-state index is -0.959. The van der Waals surface area contributed by atoms with Gasteiger partial charge in [-0.25, -0.2) is 13.6 Å². The van der Waals surface area contributed by atoms with Crippen molar-refractivity contribution < 1.29 is 23.4 Å². The third kappa shape index (κ3) is 4.26. The van der Waals surface area contributed by atoms with E-state index in [1.54, 1.807) is 12.1 Å². The highest BCUT2D eigenvalue weighted by Gasteiger charge is 2.52. The van der Waals surface area contributed by atoms with Crippen molar-refractivity contribution in [3.8, 4) is 0 Å². The van der Waals surface area contributed by atoms with E-state index < -0.39 is 22.6 Å². The molecule has 2 aliphatic rings. The van der Waals surface area contributed by atoms with Crippen molar-refractivity contribution in [2.45, 2.75) is 50.0 Å². The summed E-state index contributed by atoms with van der Waals surface area (Å²) in [5.41, 5.74) is 1.71. The van der Waals surface area contributed by atoms with Crippen LogP contribution in [0.15, 0.2) is 42.0 Å². The zero-order valence-electron chi connectivity index (χ0n) is 18.8. The number of ether oxygens (including phenoxy) is 1. The van der Waals surface area contributed by atoms with Gasteiger partial charge in [0.05, 0.1) is 7.11 Å². The number of rotatable bonds is 6. The highest BCUT2D eigenvalue weighted by Crippen LogP contribution is 2.55. The first-order valence-corrected chi connectivity index (χ1v) is 11.5. The first kappa shape index (κ1) is 23.7. The van der Waals surface area contributed by atoms with E-state index in [-0.39, 0.29) is 18.5 Å². The lowest BCUT2D eigenvalue weighted by molar-refractivity contribution is -0.147. The number of halogens is 3. The number of benzene rings is 2. The van der Waals surface area contributed by atoms with Crippen LogP contribution in [0.1, 0.15) is 50.2 Å². The molecule has 0 bridgehead atoms. The summed E-state index contributed by atoms with van der Waals surface area (Å²) in [4.78, 5) is 13.0. The van der Waals surface area contributed by atoms with E-state index in [9.17, 15) is 18.7 Å². The number of nitrogens with one attached hydrogen (secondary N) is 1. The van der Waals surface area contributed by atoms with Crippen molar-refractivity contribution in [3.05, 3.63) is 69.8 Å². The molecule has 4 rings (SSSR count). The van der Waals surface area contributed by atoms with Gasteiger partial charge in [-0.3, -0.25) is 0 Å². The second-order valence-corrected chi connectivity index (χ2v) is 9.74. The summed E-state index contributed by atoms with van der Waals surface area (Å²) in [5.74, 6) is -2.11. The second-order valence-electron chi connectivity index (χ2n) is 9.31. The number of allylic oxidation sites excluding steroid dienone is 1. The van der Waals surface area contributed by atoms with Crippen LogP contribution >= 0.6 is 11.6 Å². The highest BCUT2D eigenvalue weighted by atomic mass is 35.5. The molecular weight excluding hydrogens is 448 g/mol. The Morgan fingerprint density at radius 3 is 2.52 bits per heavy atom. The first-order chi connectivity index (χ1) is 15.7. The highest BCUT2D eigenvalue weighted by molar-refractivity contribution is 6.30. The fourth-order valence-corrected chi connectivity index (χ4v) is 5.59. The van der Waals surface area contributed by atoms with Gasteiger partial charge < -0.3 is 15.2 Å². The molecule has 0 unspecified atom stereocenters. The van der Waals surface area contributed by atoms with Crippen molar-refractivity contribution in [1.29, 1.82) is 0 Å². The molecule has 0 aliphatic heterocycles. The van der Waals surface area contributed by atoms with Crippen LogP contribution in [0.3, 0.4) is 0 Å². The Bertz CT molecular complexity index is 1090. The molecule has 2 aromatic rings. The molecular formula is C26H28ClF2NO3. The van der Waals surface area contributed by atoms with Crippen molar-refractivity contribution in [2.24, 2.45) is 5.92 Å². The van der Waals surface area contributed by atoms with E-state index >= 15 is 0 Å². The van der Waals surface area contributed by atoms with E-state index in [0.717, 1.165) is 11.1 Å². The van der Waals surface area contributed by atoms with Gasteiger partial charge in [-0.05, 0) is 79.5 Å². The standard InChI is InChI=1S/C26H28ClF2NO3/c1-16(15-31)10-18-11-17-12-22(28)23(29)14-21(17)25(18)6-8-26(9-7-25,24(32)33-2)30-20-5-3-4-19(27)13-20/h3-5,11-14,16,30-31H,6-10,15H2,1-2H3/t16-,25?,26?/m1/s1. The Balaban J connectivity index is 1.70. The van der Waals surface area contributed by atoms with E-state index in [4.69, 9.17) is 16.3 Å². The Kier molecular flexibility index (Phi) is 6.52. The molecule has 176 valence electrons. The predicted octanol–water partition coefficient (Wildman–Crippen LogP) is 5.87. The molecule has 2 aromatic carbocycles. The number of methoxy groups -OCH3 is 1. The summed E-state index contributed by atoms with van der Waals surface area (Å²) < 4.78 is 33.5. The van der Waals surface area contributed by atoms with E-state index in [2.05, 4.69) is 5.32 Å². The van der Waals surface area contributed by atoms with Crippen LogP contribution in [0.2, 0.25) is 5.02 Å². The molecule has 0 aromatic heterocycles. The lowest BCUT2D eigenvalue weighted by Gasteiger charge is -2.46. The SMILES string of the molecule is COC(=O)C1(Nc2cccc(Cl)c2)CCC2(CC1)C(C[C@@H](C)CO)=Cc1cc(F)c(F)cc12. The minimum absolute atomic E-state index is 0.00834. The van der Waals surface area contributed by atoms with Gasteiger partial charge in [0.25, 0.3) is 0 Å². The molecule has 1 spiro atoms. The quantitative estimate of drug-likeness (QED) is 0.513. The number of hydrogen-bond acceptors (Lipinski definition) is 4. The molecule has 1 saturated carbocycles. The molecule has 33 heavy (non-hydrogen) atoms. The first-order valence-electron chi connectivity index (χ1n) is 11.2. The number of esters is 1. The Morgan fingerprint density at radius 1 is 1.18 bits per heavy atom. The predicted molar refractivity (Wildman–Crippen MR) is 125 cm³/mol. The summed E-state index contributed by atoms with van der Waals surface area (Å²) in [6, 6.07) is 9.71. The summed E-state index contributed by atoms with van der Waals surface area (Å²) in [5, 5.41) is 13.5. The van der Waals surface area contributed by atoms with Crippen LogP contribution in [0.5, 0.6) is 0 Å². The topological polar surface area (TPSA) is 58.6 Å². The van der Waals surface area contributed by atoms with Crippen molar-refractivity contribution in [3.63, 3.8) is 0 Å². The minimum Gasteiger partial charge on any atom is -0.467 e. The summed E-state index contributed by atoms with van der Waals surface area (Å²) >= 11 is 6.13. The molecule has 4 nitrogen and oxygen atoms in total. The molecule has 1 fully saturated rings. The third-order valence-corrected chi connectivity index (χ3v) is 7.41. The van der Waals surface area contributed by atoms with Gasteiger partial charge >= 0.3 is 5.97 Å². The molecule has 1 atom stereocenters. The number of anilines is 1. The Morgan fingerprint density at radius 2 is 1.88 bits per heavy atom. The summed E-state index contributed by atoms with van der Waals surface area (Å²) in [7, 11) is 1.37. The molecule has 2 N–H and O–H groups in total. The van der Waals surface area contributed by atoms with Gasteiger partial charge in [0.2, 0.25) is 0 Å². The van der Waals surface area contributed by atoms with Crippen molar-refractivity contribution in [2.75, 3.05) is 19.0 Å². The maximum absolute atomic E-state index is 14.3. The molecule has 0 saturated heterocycles. The van der Waals surface area contributed by atoms with Crippen molar-refractivity contribution in [1.82, 2.24) is 0 Å². The summed E-state index contributed by atoms with van der Waals surface area (Å²) in [6.45, 7) is 1.97. The third-order valence-electron chi connectivity index (χ3n) is 7.17.